The van der Waals surface area contributed by atoms with E-state index >= 15 is 0 Å². The van der Waals surface area contributed by atoms with E-state index in [9.17, 15) is 4.79 Å². The normalized spacial score (nSPS) is 10.4. The highest BCUT2D eigenvalue weighted by Crippen LogP contribution is 2.20. The third-order valence-electron chi connectivity index (χ3n) is 2.06. The number of hydrogen-bond donors (Lipinski definition) is 1. The van der Waals surface area contributed by atoms with Crippen molar-refractivity contribution >= 4 is 17.6 Å². The van der Waals surface area contributed by atoms with Gasteiger partial charge in [-0.15, -0.1) is 15.0 Å². The predicted molar refractivity (Wildman–Crippen MR) is 55.9 cm³/mol. The standard InChI is InChI=1S/C9H7ClN4O2/c1-5-6(10)3-2-4-7(5)14-12-8(9(15)16)11-13-14/h2-4H,1H3,(H,15,16). The summed E-state index contributed by atoms with van der Waals surface area (Å²) in [7, 11) is 0. The van der Waals surface area contributed by atoms with Gasteiger partial charge in [-0.05, 0) is 29.8 Å². The molecule has 0 saturated carbocycles. The molecule has 0 radical (unpaired) electrons. The van der Waals surface area contributed by atoms with Crippen molar-refractivity contribution in [3.63, 3.8) is 0 Å². The van der Waals surface area contributed by atoms with Crippen molar-refractivity contribution < 1.29 is 9.90 Å². The largest absolute Gasteiger partial charge is 0.475 e. The Labute approximate surface area is 95.5 Å². The van der Waals surface area contributed by atoms with Crippen LogP contribution in [0.1, 0.15) is 16.2 Å². The van der Waals surface area contributed by atoms with E-state index in [0.717, 1.165) is 10.4 Å². The minimum Gasteiger partial charge on any atom is -0.475 e. The Morgan fingerprint density at radius 2 is 2.25 bits per heavy atom. The highest BCUT2D eigenvalue weighted by molar-refractivity contribution is 6.31. The molecule has 1 heterocycles. The van der Waals surface area contributed by atoms with Gasteiger partial charge in [0.25, 0.3) is 5.82 Å². The van der Waals surface area contributed by atoms with Crippen LogP contribution in [0.15, 0.2) is 18.2 Å². The van der Waals surface area contributed by atoms with E-state index in [-0.39, 0.29) is 5.82 Å². The Hall–Kier alpha value is -1.95. The predicted octanol–water partition coefficient (Wildman–Crippen LogP) is 1.32. The molecule has 0 aliphatic heterocycles. The van der Waals surface area contributed by atoms with Crippen LogP contribution in [-0.4, -0.2) is 31.3 Å². The molecule has 2 aromatic rings. The van der Waals surface area contributed by atoms with Crippen molar-refractivity contribution in [3.8, 4) is 5.69 Å². The quantitative estimate of drug-likeness (QED) is 0.853. The first-order valence-corrected chi connectivity index (χ1v) is 4.76. The minimum atomic E-state index is -1.22. The van der Waals surface area contributed by atoms with E-state index in [0.29, 0.717) is 10.7 Å². The Balaban J connectivity index is 2.50. The zero-order valence-electron chi connectivity index (χ0n) is 8.25. The molecule has 0 aliphatic rings. The number of carboxylic acid groups (broad SMARTS) is 1. The molecule has 0 bridgehead atoms. The number of aromatic nitrogens is 4. The van der Waals surface area contributed by atoms with Crippen LogP contribution in [0.5, 0.6) is 0 Å². The van der Waals surface area contributed by atoms with Crippen LogP contribution in [0.25, 0.3) is 5.69 Å². The van der Waals surface area contributed by atoms with Gasteiger partial charge in [0.15, 0.2) is 0 Å². The zero-order valence-corrected chi connectivity index (χ0v) is 9.01. The van der Waals surface area contributed by atoms with Gasteiger partial charge in [-0.25, -0.2) is 4.79 Å². The number of nitrogens with zero attached hydrogens (tertiary/aromatic N) is 4. The number of rotatable bonds is 2. The summed E-state index contributed by atoms with van der Waals surface area (Å²) in [5, 5.41) is 20.0. The fourth-order valence-corrected chi connectivity index (χ4v) is 1.38. The van der Waals surface area contributed by atoms with Crippen LogP contribution in [0.3, 0.4) is 0 Å². The topological polar surface area (TPSA) is 80.9 Å². The zero-order chi connectivity index (χ0) is 11.7. The average Bonchev–Trinajstić information content (AvgIpc) is 2.71. The summed E-state index contributed by atoms with van der Waals surface area (Å²) in [4.78, 5) is 11.7. The maximum atomic E-state index is 10.6. The molecule has 82 valence electrons. The monoisotopic (exact) mass is 238 g/mol. The second-order valence-corrected chi connectivity index (χ2v) is 3.50. The maximum Gasteiger partial charge on any atom is 0.377 e. The first-order chi connectivity index (χ1) is 7.59. The number of carboxylic acids is 1. The lowest BCUT2D eigenvalue weighted by Gasteiger charge is -2.03. The molecule has 0 fully saturated rings. The van der Waals surface area contributed by atoms with Crippen molar-refractivity contribution in [2.45, 2.75) is 6.92 Å². The van der Waals surface area contributed by atoms with E-state index in [4.69, 9.17) is 16.7 Å². The molecule has 0 atom stereocenters. The second kappa shape index (κ2) is 3.90. The van der Waals surface area contributed by atoms with Gasteiger partial charge in [-0.1, -0.05) is 17.7 Å². The summed E-state index contributed by atoms with van der Waals surface area (Å²) < 4.78 is 0. The van der Waals surface area contributed by atoms with Gasteiger partial charge in [0, 0.05) is 5.02 Å². The van der Waals surface area contributed by atoms with Gasteiger partial charge >= 0.3 is 5.97 Å². The summed E-state index contributed by atoms with van der Waals surface area (Å²) >= 11 is 5.93. The third-order valence-corrected chi connectivity index (χ3v) is 2.47. The lowest BCUT2D eigenvalue weighted by atomic mass is 10.2. The molecule has 16 heavy (non-hydrogen) atoms. The molecule has 0 saturated heterocycles. The van der Waals surface area contributed by atoms with Gasteiger partial charge in [-0.2, -0.15) is 0 Å². The molecule has 0 spiro atoms. The van der Waals surface area contributed by atoms with E-state index in [2.05, 4.69) is 15.4 Å². The van der Waals surface area contributed by atoms with Crippen LogP contribution in [0.2, 0.25) is 5.02 Å². The average molecular weight is 239 g/mol. The molecule has 0 unspecified atom stereocenters. The van der Waals surface area contributed by atoms with Gasteiger partial charge in [-0.3, -0.25) is 0 Å². The highest BCUT2D eigenvalue weighted by atomic mass is 35.5. The first kappa shape index (κ1) is 10.6. The summed E-state index contributed by atoms with van der Waals surface area (Å²) in [6, 6.07) is 5.19. The van der Waals surface area contributed by atoms with Gasteiger partial charge in [0.1, 0.15) is 0 Å². The van der Waals surface area contributed by atoms with Gasteiger partial charge < -0.3 is 5.11 Å². The molecule has 0 amide bonds. The fraction of sp³-hybridized carbons (Fsp3) is 0.111. The summed E-state index contributed by atoms with van der Waals surface area (Å²) in [5.74, 6) is -1.56. The van der Waals surface area contributed by atoms with Crippen LogP contribution >= 0.6 is 11.6 Å². The molecule has 1 aromatic carbocycles. The van der Waals surface area contributed by atoms with Crippen LogP contribution in [0, 0.1) is 6.92 Å². The lowest BCUT2D eigenvalue weighted by molar-refractivity contribution is 0.0683. The summed E-state index contributed by atoms with van der Waals surface area (Å²) in [6.07, 6.45) is 0. The Morgan fingerprint density at radius 1 is 1.50 bits per heavy atom. The minimum absolute atomic E-state index is 0.348. The number of tetrazole rings is 1. The van der Waals surface area contributed by atoms with E-state index in [1.54, 1.807) is 25.1 Å². The lowest BCUT2D eigenvalue weighted by Crippen LogP contribution is -2.04. The Bertz CT molecular complexity index is 552. The van der Waals surface area contributed by atoms with Crippen molar-refractivity contribution in [2.75, 3.05) is 0 Å². The smallest absolute Gasteiger partial charge is 0.377 e. The Morgan fingerprint density at radius 3 is 2.88 bits per heavy atom. The number of benzene rings is 1. The SMILES string of the molecule is Cc1c(Cl)cccc1-n1nnc(C(=O)O)n1. The number of hydrogen-bond acceptors (Lipinski definition) is 4. The fourth-order valence-electron chi connectivity index (χ4n) is 1.21. The van der Waals surface area contributed by atoms with Crippen LogP contribution in [0.4, 0.5) is 0 Å². The third kappa shape index (κ3) is 1.74. The van der Waals surface area contributed by atoms with E-state index in [1.165, 1.54) is 0 Å². The van der Waals surface area contributed by atoms with Crippen LogP contribution in [-0.2, 0) is 0 Å². The van der Waals surface area contributed by atoms with Crippen molar-refractivity contribution in [3.05, 3.63) is 34.6 Å². The molecular weight excluding hydrogens is 232 g/mol. The van der Waals surface area contributed by atoms with E-state index < -0.39 is 5.97 Å². The molecule has 1 N–H and O–H groups in total. The maximum absolute atomic E-state index is 10.6. The van der Waals surface area contributed by atoms with Crippen molar-refractivity contribution in [1.82, 2.24) is 20.2 Å². The molecule has 2 rings (SSSR count). The van der Waals surface area contributed by atoms with E-state index in [1.807, 2.05) is 0 Å². The molecule has 0 aliphatic carbocycles. The number of carbonyl (C=O) groups is 1. The molecule has 1 aromatic heterocycles. The Kier molecular flexibility index (Phi) is 2.57. The molecular formula is C9H7ClN4O2. The number of halogens is 1. The summed E-state index contributed by atoms with van der Waals surface area (Å²) in [5.41, 5.74) is 1.37. The highest BCUT2D eigenvalue weighted by Gasteiger charge is 2.13. The molecule has 6 nitrogen and oxygen atoms in total. The van der Waals surface area contributed by atoms with Gasteiger partial charge in [0.2, 0.25) is 0 Å². The second-order valence-electron chi connectivity index (χ2n) is 3.09. The summed E-state index contributed by atoms with van der Waals surface area (Å²) in [6.45, 7) is 1.79. The van der Waals surface area contributed by atoms with Crippen molar-refractivity contribution in [2.24, 2.45) is 0 Å². The van der Waals surface area contributed by atoms with Crippen LogP contribution < -0.4 is 0 Å². The van der Waals surface area contributed by atoms with Gasteiger partial charge in [0.05, 0.1) is 5.69 Å². The molecule has 7 heteroatoms. The number of aromatic carboxylic acids is 1. The van der Waals surface area contributed by atoms with Crippen molar-refractivity contribution in [1.29, 1.82) is 0 Å². The first-order valence-electron chi connectivity index (χ1n) is 4.38.